The van der Waals surface area contributed by atoms with Crippen molar-refractivity contribution in [1.82, 2.24) is 0 Å². The van der Waals surface area contributed by atoms with Crippen molar-refractivity contribution in [2.45, 2.75) is 13.8 Å². The zero-order chi connectivity index (χ0) is 10.6. The molecule has 1 aromatic rings. The summed E-state index contributed by atoms with van der Waals surface area (Å²) >= 11 is 0. The average Bonchev–Trinajstić information content (AvgIpc) is 2.09. The molecule has 0 aliphatic carbocycles. The molecule has 0 saturated carbocycles. The van der Waals surface area contributed by atoms with E-state index in [2.05, 4.69) is 5.32 Å². The second kappa shape index (κ2) is 4.60. The third-order valence-corrected chi connectivity index (χ3v) is 1.55. The van der Waals surface area contributed by atoms with Gasteiger partial charge in [0.2, 0.25) is 5.91 Å². The molecule has 1 rings (SSSR count). The Morgan fingerprint density at radius 3 is 2.86 bits per heavy atom. The minimum Gasteiger partial charge on any atom is -0.492 e. The second-order valence-electron chi connectivity index (χ2n) is 2.75. The van der Waals surface area contributed by atoms with Gasteiger partial charge in [-0.15, -0.1) is 0 Å². The van der Waals surface area contributed by atoms with Gasteiger partial charge < -0.3 is 10.1 Å². The topological polar surface area (TPSA) is 38.3 Å². The van der Waals surface area contributed by atoms with Crippen molar-refractivity contribution in [3.63, 3.8) is 0 Å². The van der Waals surface area contributed by atoms with E-state index >= 15 is 0 Å². The maximum atomic E-state index is 12.8. The fourth-order valence-electron chi connectivity index (χ4n) is 1.06. The van der Waals surface area contributed by atoms with E-state index in [9.17, 15) is 9.18 Å². The Kier molecular flexibility index (Phi) is 3.45. The third-order valence-electron chi connectivity index (χ3n) is 1.55. The van der Waals surface area contributed by atoms with E-state index in [0.29, 0.717) is 18.0 Å². The quantitative estimate of drug-likeness (QED) is 0.806. The first-order chi connectivity index (χ1) is 6.63. The number of carbonyl (C=O) groups excluding carboxylic acids is 1. The van der Waals surface area contributed by atoms with Crippen molar-refractivity contribution in [1.29, 1.82) is 0 Å². The molecule has 0 saturated heterocycles. The fraction of sp³-hybridized carbons (Fsp3) is 0.300. The molecule has 76 valence electrons. The summed E-state index contributed by atoms with van der Waals surface area (Å²) in [7, 11) is 0. The standard InChI is InChI=1S/C10H12FNO2/c1-3-14-10-6-8(11)4-5-9(10)12-7(2)13/h4-6H,3H2,1-2H3,(H,12,13). The molecular weight excluding hydrogens is 185 g/mol. The highest BCUT2D eigenvalue weighted by Crippen LogP contribution is 2.25. The lowest BCUT2D eigenvalue weighted by molar-refractivity contribution is -0.114. The van der Waals surface area contributed by atoms with E-state index in [0.717, 1.165) is 0 Å². The molecule has 1 aromatic carbocycles. The first-order valence-electron chi connectivity index (χ1n) is 4.33. The minimum absolute atomic E-state index is 0.211. The molecule has 0 aliphatic rings. The van der Waals surface area contributed by atoms with Crippen molar-refractivity contribution in [2.24, 2.45) is 0 Å². The molecule has 1 N–H and O–H groups in total. The van der Waals surface area contributed by atoms with E-state index in [1.165, 1.54) is 25.1 Å². The number of amides is 1. The van der Waals surface area contributed by atoms with Crippen LogP contribution in [0.5, 0.6) is 5.75 Å². The first kappa shape index (κ1) is 10.5. The Labute approximate surface area is 81.9 Å². The van der Waals surface area contributed by atoms with Gasteiger partial charge in [-0.25, -0.2) is 4.39 Å². The number of anilines is 1. The highest BCUT2D eigenvalue weighted by atomic mass is 19.1. The predicted octanol–water partition coefficient (Wildman–Crippen LogP) is 2.18. The number of benzene rings is 1. The largest absolute Gasteiger partial charge is 0.492 e. The van der Waals surface area contributed by atoms with Gasteiger partial charge in [0, 0.05) is 13.0 Å². The summed E-state index contributed by atoms with van der Waals surface area (Å²) in [6.07, 6.45) is 0. The molecule has 0 spiro atoms. The molecule has 1 amide bonds. The molecular formula is C10H12FNO2. The zero-order valence-electron chi connectivity index (χ0n) is 8.13. The van der Waals surface area contributed by atoms with Crippen LogP contribution >= 0.6 is 0 Å². The summed E-state index contributed by atoms with van der Waals surface area (Å²) in [6, 6.07) is 3.99. The van der Waals surface area contributed by atoms with Gasteiger partial charge in [-0.05, 0) is 19.1 Å². The molecule has 0 fully saturated rings. The van der Waals surface area contributed by atoms with E-state index < -0.39 is 0 Å². The van der Waals surface area contributed by atoms with E-state index in [1.807, 2.05) is 0 Å². The van der Waals surface area contributed by atoms with Crippen LogP contribution in [0.2, 0.25) is 0 Å². The highest BCUT2D eigenvalue weighted by molar-refractivity contribution is 5.90. The monoisotopic (exact) mass is 197 g/mol. The zero-order valence-corrected chi connectivity index (χ0v) is 8.13. The van der Waals surface area contributed by atoms with Crippen LogP contribution in [0.3, 0.4) is 0 Å². The Balaban J connectivity index is 2.95. The molecule has 0 unspecified atom stereocenters. The van der Waals surface area contributed by atoms with Crippen LogP contribution < -0.4 is 10.1 Å². The van der Waals surface area contributed by atoms with Crippen LogP contribution in [-0.4, -0.2) is 12.5 Å². The summed E-state index contributed by atoms with van der Waals surface area (Å²) in [6.45, 7) is 3.61. The first-order valence-corrected chi connectivity index (χ1v) is 4.33. The second-order valence-corrected chi connectivity index (χ2v) is 2.75. The summed E-state index contributed by atoms with van der Waals surface area (Å²) in [5.74, 6) is -0.247. The van der Waals surface area contributed by atoms with Gasteiger partial charge in [-0.1, -0.05) is 0 Å². The van der Waals surface area contributed by atoms with Crippen LogP contribution in [0.15, 0.2) is 18.2 Å². The van der Waals surface area contributed by atoms with Crippen molar-refractivity contribution in [3.05, 3.63) is 24.0 Å². The van der Waals surface area contributed by atoms with Gasteiger partial charge >= 0.3 is 0 Å². The average molecular weight is 197 g/mol. The Hall–Kier alpha value is -1.58. The van der Waals surface area contributed by atoms with Crippen molar-refractivity contribution >= 4 is 11.6 Å². The predicted molar refractivity (Wildman–Crippen MR) is 51.9 cm³/mol. The van der Waals surface area contributed by atoms with Crippen LogP contribution in [0.1, 0.15) is 13.8 Å². The smallest absolute Gasteiger partial charge is 0.221 e. The van der Waals surface area contributed by atoms with Gasteiger partial charge in [0.05, 0.1) is 12.3 Å². The van der Waals surface area contributed by atoms with E-state index in [-0.39, 0.29) is 11.7 Å². The number of carbonyl (C=O) groups is 1. The van der Waals surface area contributed by atoms with Crippen LogP contribution in [0.25, 0.3) is 0 Å². The SMILES string of the molecule is CCOc1cc(F)ccc1NC(C)=O. The third kappa shape index (κ3) is 2.73. The molecule has 0 heterocycles. The van der Waals surface area contributed by atoms with Crippen molar-refractivity contribution < 1.29 is 13.9 Å². The number of nitrogens with one attached hydrogen (secondary N) is 1. The van der Waals surface area contributed by atoms with Gasteiger partial charge in [0.25, 0.3) is 0 Å². The fourth-order valence-corrected chi connectivity index (χ4v) is 1.06. The van der Waals surface area contributed by atoms with Gasteiger partial charge in [0.1, 0.15) is 11.6 Å². The highest BCUT2D eigenvalue weighted by Gasteiger charge is 2.05. The minimum atomic E-state index is -0.387. The van der Waals surface area contributed by atoms with Crippen LogP contribution in [-0.2, 0) is 4.79 Å². The van der Waals surface area contributed by atoms with Gasteiger partial charge in [0.15, 0.2) is 0 Å². The Bertz CT molecular complexity index is 339. The molecule has 0 atom stereocenters. The Morgan fingerprint density at radius 1 is 1.57 bits per heavy atom. The van der Waals surface area contributed by atoms with Crippen molar-refractivity contribution in [2.75, 3.05) is 11.9 Å². The maximum absolute atomic E-state index is 12.8. The van der Waals surface area contributed by atoms with Crippen LogP contribution in [0, 0.1) is 5.82 Å². The lowest BCUT2D eigenvalue weighted by atomic mass is 10.3. The molecule has 0 aliphatic heterocycles. The Morgan fingerprint density at radius 2 is 2.29 bits per heavy atom. The lowest BCUT2D eigenvalue weighted by Crippen LogP contribution is -2.08. The summed E-state index contributed by atoms with van der Waals surface area (Å²) in [5, 5.41) is 2.55. The van der Waals surface area contributed by atoms with Gasteiger partial charge in [-0.2, -0.15) is 0 Å². The van der Waals surface area contributed by atoms with E-state index in [4.69, 9.17) is 4.74 Å². The van der Waals surface area contributed by atoms with E-state index in [1.54, 1.807) is 6.92 Å². The molecule has 0 bridgehead atoms. The maximum Gasteiger partial charge on any atom is 0.221 e. The molecule has 3 nitrogen and oxygen atoms in total. The van der Waals surface area contributed by atoms with Gasteiger partial charge in [-0.3, -0.25) is 4.79 Å². The number of hydrogen-bond donors (Lipinski definition) is 1. The molecule has 0 aromatic heterocycles. The molecule has 14 heavy (non-hydrogen) atoms. The number of halogens is 1. The molecule has 4 heteroatoms. The lowest BCUT2D eigenvalue weighted by Gasteiger charge is -2.09. The summed E-state index contributed by atoms with van der Waals surface area (Å²) in [5.41, 5.74) is 0.487. The number of ether oxygens (including phenoxy) is 1. The number of hydrogen-bond acceptors (Lipinski definition) is 2. The van der Waals surface area contributed by atoms with Crippen molar-refractivity contribution in [3.8, 4) is 5.75 Å². The summed E-state index contributed by atoms with van der Waals surface area (Å²) < 4.78 is 18.0. The molecule has 0 radical (unpaired) electrons. The normalized spacial score (nSPS) is 9.64. The summed E-state index contributed by atoms with van der Waals surface area (Å²) in [4.78, 5) is 10.8. The van der Waals surface area contributed by atoms with Crippen LogP contribution in [0.4, 0.5) is 10.1 Å². The number of rotatable bonds is 3.